The highest BCUT2D eigenvalue weighted by atomic mass is 32.2. The highest BCUT2D eigenvalue weighted by Crippen LogP contribution is 2.22. The quantitative estimate of drug-likeness (QED) is 0.887. The van der Waals surface area contributed by atoms with Gasteiger partial charge < -0.3 is 5.32 Å². The van der Waals surface area contributed by atoms with Gasteiger partial charge >= 0.3 is 0 Å². The molecule has 0 heterocycles. The lowest BCUT2D eigenvalue weighted by Gasteiger charge is -2.20. The molecule has 1 amide bonds. The second-order valence-corrected chi connectivity index (χ2v) is 7.84. The fourth-order valence-corrected chi connectivity index (χ4v) is 3.06. The van der Waals surface area contributed by atoms with Gasteiger partial charge in [0, 0.05) is 17.1 Å². The van der Waals surface area contributed by atoms with Crippen molar-refractivity contribution in [2.45, 2.75) is 50.1 Å². The molecule has 0 saturated heterocycles. The molecule has 0 spiro atoms. The number of hydrogen-bond acceptors (Lipinski definition) is 3. The van der Waals surface area contributed by atoms with Gasteiger partial charge in [-0.2, -0.15) is 0 Å². The minimum atomic E-state index is -3.53. The largest absolute Gasteiger partial charge is 0.347 e. The van der Waals surface area contributed by atoms with Gasteiger partial charge in [0.1, 0.15) is 0 Å². The van der Waals surface area contributed by atoms with E-state index in [1.165, 1.54) is 12.1 Å². The lowest BCUT2D eigenvalue weighted by atomic mass is 10.1. The van der Waals surface area contributed by atoms with Crippen LogP contribution in [0.1, 0.15) is 44.0 Å². The number of rotatable bonds is 4. The Balaban J connectivity index is 2.21. The minimum absolute atomic E-state index is 0.0482. The van der Waals surface area contributed by atoms with Crippen LogP contribution in [0.4, 0.5) is 0 Å². The molecule has 1 saturated carbocycles. The van der Waals surface area contributed by atoms with Crippen LogP contribution in [-0.4, -0.2) is 25.9 Å². The number of benzene rings is 1. The Bertz CT molecular complexity index is 614. The van der Waals surface area contributed by atoms with Crippen molar-refractivity contribution in [3.8, 4) is 0 Å². The van der Waals surface area contributed by atoms with Crippen molar-refractivity contribution in [1.82, 2.24) is 10.0 Å². The van der Waals surface area contributed by atoms with Gasteiger partial charge in [-0.05, 0) is 51.8 Å². The molecule has 20 heavy (non-hydrogen) atoms. The van der Waals surface area contributed by atoms with Crippen LogP contribution in [0.5, 0.6) is 0 Å². The maximum Gasteiger partial charge on any atom is 0.251 e. The van der Waals surface area contributed by atoms with Gasteiger partial charge in [-0.15, -0.1) is 0 Å². The summed E-state index contributed by atoms with van der Waals surface area (Å²) in [6.45, 7) is 5.63. The van der Waals surface area contributed by atoms with E-state index in [0.717, 1.165) is 12.8 Å². The van der Waals surface area contributed by atoms with E-state index in [1.807, 2.05) is 20.8 Å². The lowest BCUT2D eigenvalue weighted by molar-refractivity contribution is 0.0919. The van der Waals surface area contributed by atoms with Crippen molar-refractivity contribution >= 4 is 15.9 Å². The van der Waals surface area contributed by atoms with E-state index in [2.05, 4.69) is 10.0 Å². The monoisotopic (exact) mass is 296 g/mol. The van der Waals surface area contributed by atoms with Gasteiger partial charge in [0.15, 0.2) is 0 Å². The number of carbonyl (C=O) groups excluding carboxylic acids is 1. The van der Waals surface area contributed by atoms with Gasteiger partial charge in [-0.25, -0.2) is 13.1 Å². The van der Waals surface area contributed by atoms with Gasteiger partial charge in [-0.1, -0.05) is 6.07 Å². The number of sulfonamides is 1. The van der Waals surface area contributed by atoms with E-state index in [4.69, 9.17) is 0 Å². The van der Waals surface area contributed by atoms with Crippen LogP contribution in [0.25, 0.3) is 0 Å². The fourth-order valence-electron chi connectivity index (χ4n) is 1.71. The summed E-state index contributed by atoms with van der Waals surface area (Å²) in [5.41, 5.74) is -0.0169. The number of hydrogen-bond donors (Lipinski definition) is 2. The topological polar surface area (TPSA) is 75.3 Å². The Morgan fingerprint density at radius 1 is 1.25 bits per heavy atom. The fraction of sp³-hybridized carbons (Fsp3) is 0.500. The number of carbonyl (C=O) groups is 1. The maximum atomic E-state index is 12.1. The van der Waals surface area contributed by atoms with Crippen LogP contribution in [0.3, 0.4) is 0 Å². The zero-order valence-electron chi connectivity index (χ0n) is 11.9. The van der Waals surface area contributed by atoms with E-state index >= 15 is 0 Å². The van der Waals surface area contributed by atoms with Crippen LogP contribution >= 0.6 is 0 Å². The normalized spacial score (nSPS) is 15.9. The van der Waals surface area contributed by atoms with Crippen molar-refractivity contribution in [2.75, 3.05) is 0 Å². The molecule has 1 aliphatic carbocycles. The van der Waals surface area contributed by atoms with E-state index < -0.39 is 10.0 Å². The highest BCUT2D eigenvalue weighted by molar-refractivity contribution is 7.89. The molecular formula is C14H20N2O3S. The lowest BCUT2D eigenvalue weighted by Crippen LogP contribution is -2.40. The summed E-state index contributed by atoms with van der Waals surface area (Å²) in [4.78, 5) is 12.2. The summed E-state index contributed by atoms with van der Waals surface area (Å²) >= 11 is 0. The van der Waals surface area contributed by atoms with Gasteiger partial charge in [0.2, 0.25) is 10.0 Å². The van der Waals surface area contributed by atoms with Crippen molar-refractivity contribution < 1.29 is 13.2 Å². The minimum Gasteiger partial charge on any atom is -0.347 e. The summed E-state index contributed by atoms with van der Waals surface area (Å²) in [5, 5.41) is 2.81. The Kier molecular flexibility index (Phi) is 3.88. The third-order valence-electron chi connectivity index (χ3n) is 2.79. The summed E-state index contributed by atoms with van der Waals surface area (Å²) in [7, 11) is -3.53. The zero-order chi connectivity index (χ0) is 15.0. The standard InChI is InChI=1S/C14H20N2O3S/c1-14(2,3)15-13(17)10-5-4-6-12(9-10)20(18,19)16-11-7-8-11/h4-6,9,11,16H,7-8H2,1-3H3,(H,15,17). The predicted molar refractivity (Wildman–Crippen MR) is 77.0 cm³/mol. The average Bonchev–Trinajstić information content (AvgIpc) is 3.10. The Hall–Kier alpha value is -1.40. The third kappa shape index (κ3) is 4.05. The molecule has 0 bridgehead atoms. The first-order chi connectivity index (χ1) is 9.17. The summed E-state index contributed by atoms with van der Waals surface area (Å²) in [6, 6.07) is 6.15. The first-order valence-corrected chi connectivity index (χ1v) is 8.11. The first-order valence-electron chi connectivity index (χ1n) is 6.62. The first kappa shape index (κ1) is 15.0. The second-order valence-electron chi connectivity index (χ2n) is 6.13. The van der Waals surface area contributed by atoms with E-state index in [1.54, 1.807) is 12.1 Å². The molecule has 6 heteroatoms. The van der Waals surface area contributed by atoms with Crippen LogP contribution in [0, 0.1) is 0 Å². The summed E-state index contributed by atoms with van der Waals surface area (Å²) in [5.74, 6) is -0.277. The molecule has 0 atom stereocenters. The van der Waals surface area contributed by atoms with Gasteiger partial charge in [0.05, 0.1) is 4.90 Å². The van der Waals surface area contributed by atoms with Crippen molar-refractivity contribution in [1.29, 1.82) is 0 Å². The van der Waals surface area contributed by atoms with E-state index in [9.17, 15) is 13.2 Å². The molecule has 5 nitrogen and oxygen atoms in total. The molecule has 0 unspecified atom stereocenters. The third-order valence-corrected chi connectivity index (χ3v) is 4.31. The smallest absolute Gasteiger partial charge is 0.251 e. The van der Waals surface area contributed by atoms with Crippen molar-refractivity contribution in [2.24, 2.45) is 0 Å². The molecule has 0 radical (unpaired) electrons. The Morgan fingerprint density at radius 3 is 2.45 bits per heavy atom. The average molecular weight is 296 g/mol. The SMILES string of the molecule is CC(C)(C)NC(=O)c1cccc(S(=O)(=O)NC2CC2)c1. The van der Waals surface area contributed by atoms with Crippen LogP contribution in [0.2, 0.25) is 0 Å². The molecule has 1 aliphatic rings. The Labute approximate surface area is 119 Å². The molecule has 0 aliphatic heterocycles. The van der Waals surface area contributed by atoms with Crippen LogP contribution < -0.4 is 10.0 Å². The molecule has 1 aromatic rings. The molecule has 1 fully saturated rings. The van der Waals surface area contributed by atoms with E-state index in [-0.39, 0.29) is 22.4 Å². The summed E-state index contributed by atoms with van der Waals surface area (Å²) < 4.78 is 26.8. The summed E-state index contributed by atoms with van der Waals surface area (Å²) in [6.07, 6.45) is 1.76. The molecule has 2 rings (SSSR count). The molecule has 0 aromatic heterocycles. The number of amides is 1. The van der Waals surface area contributed by atoms with Gasteiger partial charge in [-0.3, -0.25) is 4.79 Å². The van der Waals surface area contributed by atoms with Crippen molar-refractivity contribution in [3.05, 3.63) is 29.8 Å². The van der Waals surface area contributed by atoms with Crippen LogP contribution in [-0.2, 0) is 10.0 Å². The molecule has 110 valence electrons. The maximum absolute atomic E-state index is 12.1. The number of nitrogens with one attached hydrogen (secondary N) is 2. The Morgan fingerprint density at radius 2 is 1.90 bits per heavy atom. The van der Waals surface area contributed by atoms with Crippen molar-refractivity contribution in [3.63, 3.8) is 0 Å². The molecular weight excluding hydrogens is 276 g/mol. The van der Waals surface area contributed by atoms with Crippen LogP contribution in [0.15, 0.2) is 29.2 Å². The van der Waals surface area contributed by atoms with Gasteiger partial charge in [0.25, 0.3) is 5.91 Å². The zero-order valence-corrected chi connectivity index (χ0v) is 12.8. The molecule has 1 aromatic carbocycles. The second kappa shape index (κ2) is 5.18. The predicted octanol–water partition coefficient (Wildman–Crippen LogP) is 1.66. The van der Waals surface area contributed by atoms with E-state index in [0.29, 0.717) is 5.56 Å². The molecule has 2 N–H and O–H groups in total. The highest BCUT2D eigenvalue weighted by Gasteiger charge is 2.28.